The lowest BCUT2D eigenvalue weighted by molar-refractivity contribution is 0.0928. The molecule has 0 saturated heterocycles. The molecule has 0 aromatic heterocycles. The summed E-state index contributed by atoms with van der Waals surface area (Å²) >= 11 is 0. The Kier molecular flexibility index (Phi) is 8.86. The number of hydrogen-bond donors (Lipinski definition) is 2. The summed E-state index contributed by atoms with van der Waals surface area (Å²) in [7, 11) is 1.58. The number of amides is 1. The second kappa shape index (κ2) is 12.0. The van der Waals surface area contributed by atoms with Gasteiger partial charge in [-0.3, -0.25) is 15.1 Å². The molecule has 0 spiro atoms. The van der Waals surface area contributed by atoms with E-state index in [0.717, 1.165) is 25.7 Å². The van der Waals surface area contributed by atoms with E-state index in [0.29, 0.717) is 36.2 Å². The smallest absolute Gasteiger partial charge is 0.255 e. The highest BCUT2D eigenvalue weighted by Crippen LogP contribution is 2.44. The van der Waals surface area contributed by atoms with Crippen LogP contribution in [0.3, 0.4) is 0 Å². The summed E-state index contributed by atoms with van der Waals surface area (Å²) in [6, 6.07) is 17.7. The van der Waals surface area contributed by atoms with Crippen LogP contribution in [0.15, 0.2) is 72.2 Å². The summed E-state index contributed by atoms with van der Waals surface area (Å²) in [5.41, 5.74) is 1.62. The number of nitrogens with zero attached hydrogens (tertiary/aromatic N) is 2. The van der Waals surface area contributed by atoms with Gasteiger partial charge in [0.15, 0.2) is 6.19 Å². The highest BCUT2D eigenvalue weighted by Gasteiger charge is 2.39. The molecule has 0 aliphatic heterocycles. The van der Waals surface area contributed by atoms with Crippen molar-refractivity contribution in [3.8, 4) is 11.9 Å². The van der Waals surface area contributed by atoms with Crippen LogP contribution < -0.4 is 15.4 Å². The monoisotopic (exact) mass is 458 g/mol. The molecule has 2 N–H and O–H groups in total. The molecule has 0 radical (unpaired) electrons. The second-order valence-electron chi connectivity index (χ2n) is 8.72. The van der Waals surface area contributed by atoms with Gasteiger partial charge in [-0.05, 0) is 56.2 Å². The number of nitriles is 1. The predicted octanol–water partition coefficient (Wildman–Crippen LogP) is 4.84. The van der Waals surface area contributed by atoms with Crippen LogP contribution in [0, 0.1) is 23.3 Å². The zero-order valence-electron chi connectivity index (χ0n) is 20.1. The lowest BCUT2D eigenvalue weighted by atomic mass is 9.64. The van der Waals surface area contributed by atoms with Gasteiger partial charge in [-0.2, -0.15) is 5.26 Å². The lowest BCUT2D eigenvalue weighted by Crippen LogP contribution is -2.45. The van der Waals surface area contributed by atoms with E-state index in [1.165, 1.54) is 5.56 Å². The number of methoxy groups -OCH3 is 1. The Hall–Kier alpha value is -3.59. The average molecular weight is 459 g/mol. The molecule has 1 aliphatic carbocycles. The number of amidine groups is 1. The number of rotatable bonds is 9. The van der Waals surface area contributed by atoms with Crippen molar-refractivity contribution in [2.75, 3.05) is 20.2 Å². The van der Waals surface area contributed by atoms with Crippen molar-refractivity contribution in [1.29, 1.82) is 5.26 Å². The SMILES string of the molecule is C=C[C@@H](C(=NCC)NC#N)C1CCC(CNC(=O)c2ccccc2OC)(c2ccccc2)CC1. The molecule has 1 amide bonds. The lowest BCUT2D eigenvalue weighted by Gasteiger charge is -2.42. The molecule has 1 atom stereocenters. The number of carbonyl (C=O) groups excluding carboxylic acids is 1. The molecule has 0 bridgehead atoms. The molecule has 0 heterocycles. The number of ether oxygens (including phenoxy) is 1. The normalized spacial score (nSPS) is 21.1. The largest absolute Gasteiger partial charge is 0.496 e. The minimum Gasteiger partial charge on any atom is -0.496 e. The first-order valence-corrected chi connectivity index (χ1v) is 11.9. The average Bonchev–Trinajstić information content (AvgIpc) is 2.89. The van der Waals surface area contributed by atoms with E-state index in [1.54, 1.807) is 19.2 Å². The van der Waals surface area contributed by atoms with Crippen LogP contribution in [-0.2, 0) is 5.41 Å². The van der Waals surface area contributed by atoms with Crippen molar-refractivity contribution in [2.24, 2.45) is 16.8 Å². The van der Waals surface area contributed by atoms with Gasteiger partial charge in [0.2, 0.25) is 0 Å². The van der Waals surface area contributed by atoms with E-state index >= 15 is 0 Å². The predicted molar refractivity (Wildman–Crippen MR) is 136 cm³/mol. The molecule has 1 saturated carbocycles. The van der Waals surface area contributed by atoms with Crippen LogP contribution in [-0.4, -0.2) is 31.9 Å². The van der Waals surface area contributed by atoms with E-state index in [-0.39, 0.29) is 17.2 Å². The Morgan fingerprint density at radius 3 is 2.53 bits per heavy atom. The van der Waals surface area contributed by atoms with Gasteiger partial charge in [0.25, 0.3) is 5.91 Å². The van der Waals surface area contributed by atoms with Crippen molar-refractivity contribution >= 4 is 11.7 Å². The number of para-hydroxylation sites is 1. The Labute approximate surface area is 202 Å². The summed E-state index contributed by atoms with van der Waals surface area (Å²) in [6.07, 6.45) is 7.67. The van der Waals surface area contributed by atoms with Gasteiger partial charge in [0.05, 0.1) is 12.7 Å². The molecule has 1 fully saturated rings. The topological polar surface area (TPSA) is 86.5 Å². The highest BCUT2D eigenvalue weighted by molar-refractivity contribution is 5.97. The third-order valence-electron chi connectivity index (χ3n) is 6.90. The summed E-state index contributed by atoms with van der Waals surface area (Å²) < 4.78 is 5.37. The molecule has 1 aliphatic rings. The van der Waals surface area contributed by atoms with Crippen LogP contribution in [0.25, 0.3) is 0 Å². The van der Waals surface area contributed by atoms with Crippen LogP contribution in [0.1, 0.15) is 48.5 Å². The third kappa shape index (κ3) is 5.66. The summed E-state index contributed by atoms with van der Waals surface area (Å²) in [5.74, 6) is 1.48. The first-order valence-electron chi connectivity index (χ1n) is 11.9. The Morgan fingerprint density at radius 1 is 1.24 bits per heavy atom. The fourth-order valence-corrected chi connectivity index (χ4v) is 5.07. The Bertz CT molecular complexity index is 1030. The van der Waals surface area contributed by atoms with Gasteiger partial charge >= 0.3 is 0 Å². The zero-order valence-corrected chi connectivity index (χ0v) is 20.1. The minimum absolute atomic E-state index is 0.0107. The van der Waals surface area contributed by atoms with E-state index in [4.69, 9.17) is 10.00 Å². The van der Waals surface area contributed by atoms with Gasteiger partial charge in [0, 0.05) is 24.4 Å². The summed E-state index contributed by atoms with van der Waals surface area (Å²) in [6.45, 7) is 7.15. The fraction of sp³-hybridized carbons (Fsp3) is 0.393. The molecule has 178 valence electrons. The molecule has 2 aromatic carbocycles. The van der Waals surface area contributed by atoms with Crippen molar-refractivity contribution in [2.45, 2.75) is 38.0 Å². The number of carbonyl (C=O) groups is 1. The van der Waals surface area contributed by atoms with Crippen molar-refractivity contribution in [3.63, 3.8) is 0 Å². The fourth-order valence-electron chi connectivity index (χ4n) is 5.07. The molecule has 0 unspecified atom stereocenters. The van der Waals surface area contributed by atoms with Gasteiger partial charge in [-0.25, -0.2) is 0 Å². The van der Waals surface area contributed by atoms with E-state index in [2.05, 4.69) is 46.5 Å². The first-order chi connectivity index (χ1) is 16.6. The molecule has 34 heavy (non-hydrogen) atoms. The van der Waals surface area contributed by atoms with Gasteiger partial charge in [-0.15, -0.1) is 6.58 Å². The van der Waals surface area contributed by atoms with Crippen molar-refractivity contribution in [1.82, 2.24) is 10.6 Å². The first kappa shape index (κ1) is 25.0. The van der Waals surface area contributed by atoms with Gasteiger partial charge in [-0.1, -0.05) is 48.5 Å². The minimum atomic E-state index is -0.161. The second-order valence-corrected chi connectivity index (χ2v) is 8.72. The van der Waals surface area contributed by atoms with Crippen LogP contribution in [0.5, 0.6) is 5.75 Å². The van der Waals surface area contributed by atoms with Crippen LogP contribution in [0.2, 0.25) is 0 Å². The van der Waals surface area contributed by atoms with Crippen LogP contribution >= 0.6 is 0 Å². The Morgan fingerprint density at radius 2 is 1.91 bits per heavy atom. The summed E-state index contributed by atoms with van der Waals surface area (Å²) in [5, 5.41) is 15.1. The maximum absolute atomic E-state index is 13.0. The maximum Gasteiger partial charge on any atom is 0.255 e. The molecular formula is C28H34N4O2. The molecular weight excluding hydrogens is 424 g/mol. The van der Waals surface area contributed by atoms with Crippen molar-refractivity contribution < 1.29 is 9.53 Å². The molecule has 3 rings (SSSR count). The van der Waals surface area contributed by atoms with E-state index in [1.807, 2.05) is 37.4 Å². The Balaban J connectivity index is 1.79. The summed E-state index contributed by atoms with van der Waals surface area (Å²) in [4.78, 5) is 17.5. The maximum atomic E-state index is 13.0. The third-order valence-corrected chi connectivity index (χ3v) is 6.90. The number of benzene rings is 2. The number of nitrogens with one attached hydrogen (secondary N) is 2. The van der Waals surface area contributed by atoms with Crippen molar-refractivity contribution in [3.05, 3.63) is 78.4 Å². The van der Waals surface area contributed by atoms with E-state index in [9.17, 15) is 4.79 Å². The molecule has 2 aromatic rings. The van der Waals surface area contributed by atoms with Gasteiger partial charge in [0.1, 0.15) is 11.6 Å². The van der Waals surface area contributed by atoms with Crippen LogP contribution in [0.4, 0.5) is 0 Å². The highest BCUT2D eigenvalue weighted by atomic mass is 16.5. The zero-order chi connectivity index (χ0) is 24.4. The number of aliphatic imine (C=N–C) groups is 1. The standard InChI is InChI=1S/C28H34N4O2/c1-4-23(26(30-5-2)32-20-29)21-15-17-28(18-16-21,22-11-7-6-8-12-22)19-31-27(33)24-13-9-10-14-25(24)34-3/h4,6-14,21,23H,1,5,15-19H2,2-3H3,(H,30,32)(H,31,33)/t21?,23-,28?/m1/s1. The molecule has 6 heteroatoms. The molecule has 6 nitrogen and oxygen atoms in total. The van der Waals surface area contributed by atoms with E-state index < -0.39 is 0 Å². The number of hydrogen-bond acceptors (Lipinski definition) is 4. The van der Waals surface area contributed by atoms with Gasteiger partial charge < -0.3 is 10.1 Å². The quantitative estimate of drug-likeness (QED) is 0.185.